The standard InChI is InChI=1S/C27H24ClNO4S/c1-3-32-24-14-20(12-13-23(24)33-17-21-6-4-5-7-22(21)28)15-25-26(30)29(27(31)34-25)16-19-10-8-18(2)9-11-19/h4-15H,3,16-17H2,1-2H3/b25-15-. The first-order valence-corrected chi connectivity index (χ1v) is 12.1. The van der Waals surface area contributed by atoms with E-state index in [0.29, 0.717) is 34.6 Å². The van der Waals surface area contributed by atoms with E-state index >= 15 is 0 Å². The highest BCUT2D eigenvalue weighted by Crippen LogP contribution is 2.35. The number of nitrogens with zero attached hydrogens (tertiary/aromatic N) is 1. The number of carbonyl (C=O) groups is 2. The molecule has 3 aromatic rings. The molecule has 5 nitrogen and oxygen atoms in total. The van der Waals surface area contributed by atoms with Gasteiger partial charge in [-0.3, -0.25) is 14.5 Å². The van der Waals surface area contributed by atoms with Gasteiger partial charge in [0, 0.05) is 10.6 Å². The first kappa shape index (κ1) is 23.9. The minimum atomic E-state index is -0.299. The average molecular weight is 494 g/mol. The zero-order chi connectivity index (χ0) is 24.1. The number of thioether (sulfide) groups is 1. The lowest BCUT2D eigenvalue weighted by atomic mass is 10.1. The summed E-state index contributed by atoms with van der Waals surface area (Å²) in [4.78, 5) is 27.1. The molecule has 1 heterocycles. The van der Waals surface area contributed by atoms with Crippen molar-refractivity contribution in [3.63, 3.8) is 0 Å². The highest BCUT2D eigenvalue weighted by atomic mass is 35.5. The molecular weight excluding hydrogens is 470 g/mol. The summed E-state index contributed by atoms with van der Waals surface area (Å²) in [7, 11) is 0. The van der Waals surface area contributed by atoms with Crippen molar-refractivity contribution in [1.29, 1.82) is 0 Å². The number of ether oxygens (including phenoxy) is 2. The van der Waals surface area contributed by atoms with Gasteiger partial charge in [-0.1, -0.05) is 65.7 Å². The molecule has 1 aliphatic rings. The molecule has 174 valence electrons. The van der Waals surface area contributed by atoms with Gasteiger partial charge in [0.15, 0.2) is 11.5 Å². The Morgan fingerprint density at radius 2 is 1.74 bits per heavy atom. The molecule has 0 aromatic heterocycles. The minimum absolute atomic E-state index is 0.251. The van der Waals surface area contributed by atoms with Crippen LogP contribution in [-0.4, -0.2) is 22.7 Å². The molecule has 1 fully saturated rings. The van der Waals surface area contributed by atoms with Gasteiger partial charge < -0.3 is 9.47 Å². The molecule has 2 amide bonds. The van der Waals surface area contributed by atoms with Gasteiger partial charge in [-0.15, -0.1) is 0 Å². The molecule has 1 saturated heterocycles. The Morgan fingerprint density at radius 1 is 0.971 bits per heavy atom. The molecule has 0 saturated carbocycles. The Bertz CT molecular complexity index is 1240. The van der Waals surface area contributed by atoms with Crippen LogP contribution in [0.1, 0.15) is 29.2 Å². The predicted octanol–water partition coefficient (Wildman–Crippen LogP) is 6.86. The second kappa shape index (κ2) is 10.8. The molecule has 4 rings (SSSR count). The van der Waals surface area contributed by atoms with Crippen molar-refractivity contribution >= 4 is 40.6 Å². The van der Waals surface area contributed by atoms with Gasteiger partial charge in [0.2, 0.25) is 0 Å². The van der Waals surface area contributed by atoms with E-state index in [1.807, 2.05) is 68.4 Å². The fraction of sp³-hybridized carbons (Fsp3) is 0.185. The number of hydrogen-bond acceptors (Lipinski definition) is 5. The number of hydrogen-bond donors (Lipinski definition) is 0. The number of benzene rings is 3. The molecule has 0 radical (unpaired) electrons. The Kier molecular flexibility index (Phi) is 7.60. The maximum absolute atomic E-state index is 12.9. The number of amides is 2. The molecule has 34 heavy (non-hydrogen) atoms. The lowest BCUT2D eigenvalue weighted by Crippen LogP contribution is -2.27. The van der Waals surface area contributed by atoms with Crippen LogP contribution >= 0.6 is 23.4 Å². The molecule has 1 aliphatic heterocycles. The van der Waals surface area contributed by atoms with Crippen molar-refractivity contribution < 1.29 is 19.1 Å². The van der Waals surface area contributed by atoms with Crippen LogP contribution in [-0.2, 0) is 17.9 Å². The molecule has 0 spiro atoms. The zero-order valence-corrected chi connectivity index (χ0v) is 20.5. The first-order valence-electron chi connectivity index (χ1n) is 10.9. The summed E-state index contributed by atoms with van der Waals surface area (Å²) < 4.78 is 11.7. The quantitative estimate of drug-likeness (QED) is 0.321. The van der Waals surface area contributed by atoms with E-state index in [9.17, 15) is 9.59 Å². The highest BCUT2D eigenvalue weighted by Gasteiger charge is 2.35. The van der Waals surface area contributed by atoms with Gasteiger partial charge in [0.1, 0.15) is 6.61 Å². The van der Waals surface area contributed by atoms with E-state index in [1.165, 1.54) is 4.90 Å². The molecule has 0 atom stereocenters. The van der Waals surface area contributed by atoms with Gasteiger partial charge in [-0.2, -0.15) is 0 Å². The van der Waals surface area contributed by atoms with Crippen LogP contribution < -0.4 is 9.47 Å². The summed E-state index contributed by atoms with van der Waals surface area (Å²) >= 11 is 7.17. The maximum atomic E-state index is 12.9. The molecule has 7 heteroatoms. The summed E-state index contributed by atoms with van der Waals surface area (Å²) in [5, 5.41) is 0.361. The monoisotopic (exact) mass is 493 g/mol. The van der Waals surface area contributed by atoms with Crippen molar-refractivity contribution in [3.8, 4) is 11.5 Å². The zero-order valence-electron chi connectivity index (χ0n) is 18.9. The molecule has 0 bridgehead atoms. The van der Waals surface area contributed by atoms with Crippen LogP contribution in [0.15, 0.2) is 71.6 Å². The van der Waals surface area contributed by atoms with Gasteiger partial charge in [-0.25, -0.2) is 0 Å². The van der Waals surface area contributed by atoms with Gasteiger partial charge in [0.25, 0.3) is 11.1 Å². The Balaban J connectivity index is 1.51. The lowest BCUT2D eigenvalue weighted by Gasteiger charge is -2.14. The molecular formula is C27H24ClNO4S. The summed E-state index contributed by atoms with van der Waals surface area (Å²) in [5.74, 6) is 0.834. The summed E-state index contributed by atoms with van der Waals surface area (Å²) in [6.45, 7) is 4.90. The largest absolute Gasteiger partial charge is 0.490 e. The van der Waals surface area contributed by atoms with Crippen LogP contribution in [0, 0.1) is 6.92 Å². The fourth-order valence-corrected chi connectivity index (χ4v) is 4.47. The average Bonchev–Trinajstić information content (AvgIpc) is 3.08. The SMILES string of the molecule is CCOc1cc(/C=C2\SC(=O)N(Cc3ccc(C)cc3)C2=O)ccc1OCc1ccccc1Cl. The molecule has 3 aromatic carbocycles. The fourth-order valence-electron chi connectivity index (χ4n) is 3.44. The minimum Gasteiger partial charge on any atom is -0.490 e. The van der Waals surface area contributed by atoms with Crippen molar-refractivity contribution in [2.45, 2.75) is 27.0 Å². The van der Waals surface area contributed by atoms with Crippen molar-refractivity contribution in [1.82, 2.24) is 4.90 Å². The summed E-state index contributed by atoms with van der Waals surface area (Å²) in [6, 6.07) is 20.7. The summed E-state index contributed by atoms with van der Waals surface area (Å²) in [5.41, 5.74) is 3.65. The Morgan fingerprint density at radius 3 is 2.47 bits per heavy atom. The van der Waals surface area contributed by atoms with E-state index in [4.69, 9.17) is 21.1 Å². The predicted molar refractivity (Wildman–Crippen MR) is 136 cm³/mol. The second-order valence-corrected chi connectivity index (χ2v) is 9.17. The third-order valence-electron chi connectivity index (χ3n) is 5.24. The van der Waals surface area contributed by atoms with E-state index in [-0.39, 0.29) is 17.7 Å². The lowest BCUT2D eigenvalue weighted by molar-refractivity contribution is -0.123. The van der Waals surface area contributed by atoms with Crippen LogP contribution in [0.4, 0.5) is 4.79 Å². The van der Waals surface area contributed by atoms with E-state index in [0.717, 1.165) is 34.0 Å². The number of halogens is 1. The normalized spacial score (nSPS) is 14.7. The van der Waals surface area contributed by atoms with E-state index < -0.39 is 0 Å². The van der Waals surface area contributed by atoms with Gasteiger partial charge in [-0.05, 0) is 61.0 Å². The number of rotatable bonds is 8. The Labute approximate surface area is 208 Å². The van der Waals surface area contributed by atoms with Crippen LogP contribution in [0.2, 0.25) is 5.02 Å². The number of aryl methyl sites for hydroxylation is 1. The third-order valence-corrected chi connectivity index (χ3v) is 6.52. The van der Waals surface area contributed by atoms with E-state index in [1.54, 1.807) is 18.2 Å². The number of carbonyl (C=O) groups excluding carboxylic acids is 2. The van der Waals surface area contributed by atoms with Crippen LogP contribution in [0.25, 0.3) is 6.08 Å². The molecule has 0 unspecified atom stereocenters. The third kappa shape index (κ3) is 5.64. The van der Waals surface area contributed by atoms with Crippen molar-refractivity contribution in [2.24, 2.45) is 0 Å². The topological polar surface area (TPSA) is 55.8 Å². The van der Waals surface area contributed by atoms with Crippen molar-refractivity contribution in [3.05, 3.63) is 98.9 Å². The smallest absolute Gasteiger partial charge is 0.293 e. The maximum Gasteiger partial charge on any atom is 0.293 e. The summed E-state index contributed by atoms with van der Waals surface area (Å²) in [6.07, 6.45) is 1.71. The van der Waals surface area contributed by atoms with Crippen LogP contribution in [0.5, 0.6) is 11.5 Å². The van der Waals surface area contributed by atoms with Gasteiger partial charge >= 0.3 is 0 Å². The highest BCUT2D eigenvalue weighted by molar-refractivity contribution is 8.18. The second-order valence-electron chi connectivity index (χ2n) is 7.77. The Hall–Kier alpha value is -3.22. The van der Waals surface area contributed by atoms with E-state index in [2.05, 4.69) is 0 Å². The number of imide groups is 1. The van der Waals surface area contributed by atoms with Gasteiger partial charge in [0.05, 0.1) is 18.1 Å². The van der Waals surface area contributed by atoms with Crippen LogP contribution in [0.3, 0.4) is 0 Å². The molecule has 0 aliphatic carbocycles. The van der Waals surface area contributed by atoms with Crippen molar-refractivity contribution in [2.75, 3.05) is 6.61 Å². The first-order chi connectivity index (χ1) is 16.4. The molecule has 0 N–H and O–H groups in total.